The van der Waals surface area contributed by atoms with E-state index in [1.165, 1.54) is 18.9 Å². The van der Waals surface area contributed by atoms with E-state index in [0.29, 0.717) is 24.8 Å². The summed E-state index contributed by atoms with van der Waals surface area (Å²) in [4.78, 5) is 0. The first-order valence-electron chi connectivity index (χ1n) is 6.85. The average Bonchev–Trinajstić information content (AvgIpc) is 3.20. The molecular formula is C15H22FNO. The van der Waals surface area contributed by atoms with Crippen molar-refractivity contribution in [3.05, 3.63) is 35.6 Å². The summed E-state index contributed by atoms with van der Waals surface area (Å²) < 4.78 is 19.1. The lowest BCUT2D eigenvalue weighted by Crippen LogP contribution is -2.35. The fourth-order valence-corrected chi connectivity index (χ4v) is 2.10. The summed E-state index contributed by atoms with van der Waals surface area (Å²) in [5.74, 6) is 0.583. The Morgan fingerprint density at radius 1 is 1.39 bits per heavy atom. The predicted octanol–water partition coefficient (Wildman–Crippen LogP) is 3.12. The van der Waals surface area contributed by atoms with Crippen molar-refractivity contribution < 1.29 is 9.13 Å². The van der Waals surface area contributed by atoms with Gasteiger partial charge in [0.15, 0.2) is 0 Å². The first kappa shape index (κ1) is 13.5. The minimum Gasteiger partial charge on any atom is -0.375 e. The lowest BCUT2D eigenvalue weighted by molar-refractivity contribution is 0.0910. The third kappa shape index (κ3) is 4.07. The molecule has 0 heterocycles. The summed E-state index contributed by atoms with van der Waals surface area (Å²) in [5.41, 5.74) is 0.641. The van der Waals surface area contributed by atoms with Crippen LogP contribution in [0.3, 0.4) is 0 Å². The van der Waals surface area contributed by atoms with Gasteiger partial charge in [0.25, 0.3) is 0 Å². The van der Waals surface area contributed by atoms with Crippen LogP contribution in [0.1, 0.15) is 31.7 Å². The minimum absolute atomic E-state index is 0.179. The molecular weight excluding hydrogens is 229 g/mol. The van der Waals surface area contributed by atoms with Crippen molar-refractivity contribution >= 4 is 0 Å². The molecule has 2 rings (SSSR count). The number of benzene rings is 1. The molecule has 0 bridgehead atoms. The highest BCUT2D eigenvalue weighted by Crippen LogP contribution is 2.32. The van der Waals surface area contributed by atoms with Crippen molar-refractivity contribution in [2.24, 2.45) is 5.92 Å². The maximum Gasteiger partial charge on any atom is 0.128 e. The largest absolute Gasteiger partial charge is 0.375 e. The normalized spacial score (nSPS) is 16.8. The van der Waals surface area contributed by atoms with Crippen molar-refractivity contribution in [3.8, 4) is 0 Å². The molecule has 0 saturated heterocycles. The van der Waals surface area contributed by atoms with Crippen molar-refractivity contribution in [2.45, 2.75) is 38.8 Å². The molecule has 1 saturated carbocycles. The van der Waals surface area contributed by atoms with Crippen LogP contribution >= 0.6 is 0 Å². The number of rotatable bonds is 8. The third-order valence-corrected chi connectivity index (χ3v) is 3.36. The van der Waals surface area contributed by atoms with Gasteiger partial charge in [-0.05, 0) is 37.8 Å². The molecule has 1 aliphatic carbocycles. The molecule has 0 amide bonds. The summed E-state index contributed by atoms with van der Waals surface area (Å²) in [5, 5.41) is 3.51. The lowest BCUT2D eigenvalue weighted by atomic mass is 10.2. The Morgan fingerprint density at radius 3 is 2.83 bits per heavy atom. The molecule has 1 aromatic carbocycles. The summed E-state index contributed by atoms with van der Waals surface area (Å²) >= 11 is 0. The Morgan fingerprint density at radius 2 is 2.17 bits per heavy atom. The zero-order valence-electron chi connectivity index (χ0n) is 11.0. The van der Waals surface area contributed by atoms with E-state index < -0.39 is 0 Å². The van der Waals surface area contributed by atoms with Crippen LogP contribution in [0, 0.1) is 11.7 Å². The van der Waals surface area contributed by atoms with Gasteiger partial charge in [0.2, 0.25) is 0 Å². The minimum atomic E-state index is -0.179. The van der Waals surface area contributed by atoms with Gasteiger partial charge in [0.1, 0.15) is 5.82 Å². The van der Waals surface area contributed by atoms with Gasteiger partial charge in [0, 0.05) is 11.6 Å². The Bertz CT molecular complexity index is 365. The Balaban J connectivity index is 1.74. The predicted molar refractivity (Wildman–Crippen MR) is 70.9 cm³/mol. The molecule has 18 heavy (non-hydrogen) atoms. The molecule has 3 heteroatoms. The standard InChI is InChI=1S/C15H22FNO/c1-2-9-17-15(12-7-8-12)11-18-10-13-5-3-4-6-14(13)16/h3-6,12,15,17H,2,7-11H2,1H3. The quantitative estimate of drug-likeness (QED) is 0.766. The van der Waals surface area contributed by atoms with Crippen LogP contribution in [0.25, 0.3) is 0 Å². The number of hydrogen-bond acceptors (Lipinski definition) is 2. The lowest BCUT2D eigenvalue weighted by Gasteiger charge is -2.18. The smallest absolute Gasteiger partial charge is 0.128 e. The van der Waals surface area contributed by atoms with Crippen molar-refractivity contribution in [1.29, 1.82) is 0 Å². The summed E-state index contributed by atoms with van der Waals surface area (Å²) in [6.45, 7) is 4.24. The second-order valence-electron chi connectivity index (χ2n) is 5.00. The summed E-state index contributed by atoms with van der Waals surface area (Å²) in [6, 6.07) is 7.24. The molecule has 0 spiro atoms. The second-order valence-corrected chi connectivity index (χ2v) is 5.00. The van der Waals surface area contributed by atoms with Crippen molar-refractivity contribution in [3.63, 3.8) is 0 Å². The first-order chi connectivity index (χ1) is 8.81. The van der Waals surface area contributed by atoms with Gasteiger partial charge in [-0.15, -0.1) is 0 Å². The number of nitrogens with one attached hydrogen (secondary N) is 1. The maximum absolute atomic E-state index is 13.4. The van der Waals surface area contributed by atoms with Crippen molar-refractivity contribution in [2.75, 3.05) is 13.2 Å². The van der Waals surface area contributed by atoms with Gasteiger partial charge in [-0.1, -0.05) is 25.1 Å². The molecule has 1 unspecified atom stereocenters. The zero-order chi connectivity index (χ0) is 12.8. The molecule has 1 aliphatic rings. The maximum atomic E-state index is 13.4. The molecule has 0 aliphatic heterocycles. The van der Waals surface area contributed by atoms with E-state index in [2.05, 4.69) is 12.2 Å². The van der Waals surface area contributed by atoms with E-state index in [1.807, 2.05) is 6.07 Å². The number of hydrogen-bond donors (Lipinski definition) is 1. The summed E-state index contributed by atoms with van der Waals surface area (Å²) in [6.07, 6.45) is 3.73. The Labute approximate surface area is 109 Å². The van der Waals surface area contributed by atoms with E-state index in [-0.39, 0.29) is 5.82 Å². The van der Waals surface area contributed by atoms with Gasteiger partial charge >= 0.3 is 0 Å². The van der Waals surface area contributed by atoms with Gasteiger partial charge in [0.05, 0.1) is 13.2 Å². The van der Waals surface area contributed by atoms with Crippen LogP contribution in [0.4, 0.5) is 4.39 Å². The first-order valence-corrected chi connectivity index (χ1v) is 6.85. The highest BCUT2D eigenvalue weighted by Gasteiger charge is 2.30. The van der Waals surface area contributed by atoms with E-state index in [0.717, 1.165) is 18.9 Å². The third-order valence-electron chi connectivity index (χ3n) is 3.36. The Kier molecular flexibility index (Phi) is 5.14. The molecule has 1 atom stereocenters. The number of halogens is 1. The van der Waals surface area contributed by atoms with Crippen LogP contribution in [-0.2, 0) is 11.3 Å². The van der Waals surface area contributed by atoms with Crippen LogP contribution in [0.15, 0.2) is 24.3 Å². The SMILES string of the molecule is CCCNC(COCc1ccccc1F)C1CC1. The molecule has 2 nitrogen and oxygen atoms in total. The molecule has 1 aromatic rings. The fourth-order valence-electron chi connectivity index (χ4n) is 2.10. The number of ether oxygens (including phenoxy) is 1. The van der Waals surface area contributed by atoms with Gasteiger partial charge in [-0.25, -0.2) is 4.39 Å². The Hall–Kier alpha value is -0.930. The zero-order valence-corrected chi connectivity index (χ0v) is 11.0. The van der Waals surface area contributed by atoms with Crippen LogP contribution < -0.4 is 5.32 Å². The van der Waals surface area contributed by atoms with Gasteiger partial charge in [-0.3, -0.25) is 0 Å². The van der Waals surface area contributed by atoms with Crippen LogP contribution in [-0.4, -0.2) is 19.2 Å². The van der Waals surface area contributed by atoms with E-state index >= 15 is 0 Å². The molecule has 1 fully saturated rings. The highest BCUT2D eigenvalue weighted by molar-refractivity contribution is 5.16. The summed E-state index contributed by atoms with van der Waals surface area (Å²) in [7, 11) is 0. The second kappa shape index (κ2) is 6.86. The monoisotopic (exact) mass is 251 g/mol. The van der Waals surface area contributed by atoms with E-state index in [9.17, 15) is 4.39 Å². The molecule has 0 aromatic heterocycles. The average molecular weight is 251 g/mol. The van der Waals surface area contributed by atoms with Crippen LogP contribution in [0.2, 0.25) is 0 Å². The van der Waals surface area contributed by atoms with E-state index in [1.54, 1.807) is 12.1 Å². The topological polar surface area (TPSA) is 21.3 Å². The van der Waals surface area contributed by atoms with Gasteiger partial charge in [-0.2, -0.15) is 0 Å². The molecule has 0 radical (unpaired) electrons. The fraction of sp³-hybridized carbons (Fsp3) is 0.600. The molecule has 100 valence electrons. The molecule has 1 N–H and O–H groups in total. The van der Waals surface area contributed by atoms with Crippen molar-refractivity contribution in [1.82, 2.24) is 5.32 Å². The highest BCUT2D eigenvalue weighted by atomic mass is 19.1. The van der Waals surface area contributed by atoms with E-state index in [4.69, 9.17) is 4.74 Å². The van der Waals surface area contributed by atoms with Gasteiger partial charge < -0.3 is 10.1 Å². The van der Waals surface area contributed by atoms with Crippen LogP contribution in [0.5, 0.6) is 0 Å².